The number of likely N-dealkylation sites (N-methyl/N-ethyl adjacent to an activating group) is 1. The van der Waals surface area contributed by atoms with Crippen LogP contribution >= 0.6 is 0 Å². The Morgan fingerprint density at radius 1 is 1.12 bits per heavy atom. The van der Waals surface area contributed by atoms with Gasteiger partial charge in [0.05, 0.1) is 19.1 Å². The number of hydrogen-bond donors (Lipinski definition) is 1. The van der Waals surface area contributed by atoms with Crippen LogP contribution in [0.25, 0.3) is 0 Å². The molecule has 9 heteroatoms. The number of carbonyl (C=O) groups excluding carboxylic acids is 2. The molecule has 0 radical (unpaired) electrons. The zero-order chi connectivity index (χ0) is 24.8. The fraction of sp³-hybridized carbons (Fsp3) is 0.417. The number of anilines is 1. The second-order valence-corrected chi connectivity index (χ2v) is 9.84. The third-order valence-corrected chi connectivity index (χ3v) is 6.66. The van der Waals surface area contributed by atoms with Crippen LogP contribution in [0.15, 0.2) is 42.5 Å². The maximum atomic E-state index is 13.5. The van der Waals surface area contributed by atoms with Crippen molar-refractivity contribution in [2.24, 2.45) is 0 Å². The Balaban J connectivity index is 2.44. The number of hydrogen-bond acceptors (Lipinski definition) is 5. The van der Waals surface area contributed by atoms with Crippen molar-refractivity contribution >= 4 is 27.5 Å². The molecule has 2 aromatic carbocycles. The number of methoxy groups -OCH3 is 1. The molecular weight excluding hydrogens is 442 g/mol. The van der Waals surface area contributed by atoms with E-state index in [0.29, 0.717) is 18.0 Å². The number of nitrogens with zero attached hydrogens (tertiary/aromatic N) is 2. The summed E-state index contributed by atoms with van der Waals surface area (Å²) in [5.74, 6) is -0.173. The minimum Gasteiger partial charge on any atom is -0.497 e. The highest BCUT2D eigenvalue weighted by atomic mass is 32.2. The molecule has 1 unspecified atom stereocenters. The normalized spacial score (nSPS) is 12.1. The molecule has 0 saturated carbocycles. The summed E-state index contributed by atoms with van der Waals surface area (Å²) >= 11 is 0. The highest BCUT2D eigenvalue weighted by Crippen LogP contribution is 2.25. The van der Waals surface area contributed by atoms with E-state index in [1.165, 1.54) is 4.90 Å². The van der Waals surface area contributed by atoms with Crippen molar-refractivity contribution in [1.82, 2.24) is 10.2 Å². The zero-order valence-electron chi connectivity index (χ0n) is 20.1. The molecule has 0 aliphatic rings. The molecule has 8 nitrogen and oxygen atoms in total. The van der Waals surface area contributed by atoms with Gasteiger partial charge in [0.25, 0.3) is 0 Å². The Hall–Kier alpha value is -3.07. The maximum absolute atomic E-state index is 13.5. The molecule has 0 spiro atoms. The highest BCUT2D eigenvalue weighted by molar-refractivity contribution is 7.92. The average molecular weight is 476 g/mol. The van der Waals surface area contributed by atoms with E-state index in [2.05, 4.69) is 5.32 Å². The number of rotatable bonds is 10. The van der Waals surface area contributed by atoms with E-state index in [-0.39, 0.29) is 12.5 Å². The molecule has 0 bridgehead atoms. The molecule has 1 atom stereocenters. The van der Waals surface area contributed by atoms with Gasteiger partial charge in [0.2, 0.25) is 21.8 Å². The number of sulfonamides is 1. The van der Waals surface area contributed by atoms with Crippen LogP contribution in [0.3, 0.4) is 0 Å². The van der Waals surface area contributed by atoms with Gasteiger partial charge in [0.1, 0.15) is 18.3 Å². The first kappa shape index (κ1) is 26.2. The molecule has 2 amide bonds. The third-order valence-electron chi connectivity index (χ3n) is 5.53. The Morgan fingerprint density at radius 3 is 2.39 bits per heavy atom. The van der Waals surface area contributed by atoms with Crippen LogP contribution in [0, 0.1) is 13.8 Å². The van der Waals surface area contributed by atoms with E-state index in [4.69, 9.17) is 4.74 Å². The molecule has 1 N–H and O–H groups in total. The van der Waals surface area contributed by atoms with E-state index < -0.39 is 28.5 Å². The molecule has 0 heterocycles. The molecule has 0 aromatic heterocycles. The van der Waals surface area contributed by atoms with Gasteiger partial charge in [-0.3, -0.25) is 13.9 Å². The SMILES string of the molecule is CCNC(=O)C(C)N(Cc1cccc(OC)c1)C(=O)CN(c1cccc(C)c1C)S(C)(=O)=O. The van der Waals surface area contributed by atoms with E-state index >= 15 is 0 Å². The van der Waals surface area contributed by atoms with Crippen molar-refractivity contribution in [1.29, 1.82) is 0 Å². The Labute approximate surface area is 196 Å². The second kappa shape index (κ2) is 11.2. The lowest BCUT2D eigenvalue weighted by molar-refractivity contribution is -0.139. The summed E-state index contributed by atoms with van der Waals surface area (Å²) in [6, 6.07) is 11.7. The number of aryl methyl sites for hydroxylation is 1. The van der Waals surface area contributed by atoms with Crippen LogP contribution in [-0.4, -0.2) is 57.6 Å². The van der Waals surface area contributed by atoms with E-state index in [0.717, 1.165) is 27.3 Å². The number of carbonyl (C=O) groups is 2. The lowest BCUT2D eigenvalue weighted by atomic mass is 10.1. The minimum atomic E-state index is -3.76. The van der Waals surface area contributed by atoms with Crippen LogP contribution in [-0.2, 0) is 26.2 Å². The van der Waals surface area contributed by atoms with Crippen LogP contribution in [0.4, 0.5) is 5.69 Å². The van der Waals surface area contributed by atoms with E-state index in [1.807, 2.05) is 26.0 Å². The largest absolute Gasteiger partial charge is 0.497 e. The Kier molecular flexibility index (Phi) is 8.87. The van der Waals surface area contributed by atoms with Gasteiger partial charge in [-0.15, -0.1) is 0 Å². The maximum Gasteiger partial charge on any atom is 0.244 e. The van der Waals surface area contributed by atoms with E-state index in [9.17, 15) is 18.0 Å². The predicted molar refractivity (Wildman–Crippen MR) is 130 cm³/mol. The van der Waals surface area contributed by atoms with Gasteiger partial charge in [-0.05, 0) is 62.6 Å². The zero-order valence-corrected chi connectivity index (χ0v) is 20.9. The Bertz CT molecular complexity index is 1100. The number of benzene rings is 2. The summed E-state index contributed by atoms with van der Waals surface area (Å²) in [7, 11) is -2.21. The smallest absolute Gasteiger partial charge is 0.244 e. The third kappa shape index (κ3) is 6.71. The van der Waals surface area contributed by atoms with Gasteiger partial charge in [-0.2, -0.15) is 0 Å². The summed E-state index contributed by atoms with van der Waals surface area (Å²) in [5.41, 5.74) is 2.89. The number of nitrogens with one attached hydrogen (secondary N) is 1. The summed E-state index contributed by atoms with van der Waals surface area (Å²) < 4.78 is 31.7. The quantitative estimate of drug-likeness (QED) is 0.570. The minimum absolute atomic E-state index is 0.124. The predicted octanol–water partition coefficient (Wildman–Crippen LogP) is 2.63. The summed E-state index contributed by atoms with van der Waals surface area (Å²) in [4.78, 5) is 27.5. The lowest BCUT2D eigenvalue weighted by Gasteiger charge is -2.32. The van der Waals surface area contributed by atoms with Crippen molar-refractivity contribution in [3.63, 3.8) is 0 Å². The standard InChI is InChI=1S/C24H33N3O5S/c1-7-25-24(29)19(4)26(15-20-11-9-12-21(14-20)32-5)23(28)16-27(33(6,30)31)22-13-8-10-17(2)18(22)3/h8-14,19H,7,15-16H2,1-6H3,(H,25,29). The lowest BCUT2D eigenvalue weighted by Crippen LogP contribution is -2.51. The number of amides is 2. The second-order valence-electron chi connectivity index (χ2n) is 7.93. The summed E-state index contributed by atoms with van der Waals surface area (Å²) in [6.07, 6.45) is 1.07. The molecule has 0 saturated heterocycles. The summed E-state index contributed by atoms with van der Waals surface area (Å²) in [6.45, 7) is 7.25. The van der Waals surface area contributed by atoms with Crippen molar-refractivity contribution in [2.45, 2.75) is 40.3 Å². The van der Waals surface area contributed by atoms with Crippen LogP contribution < -0.4 is 14.4 Å². The Morgan fingerprint density at radius 2 is 1.79 bits per heavy atom. The van der Waals surface area contributed by atoms with E-state index in [1.54, 1.807) is 51.3 Å². The molecular formula is C24H33N3O5S. The summed E-state index contributed by atoms with van der Waals surface area (Å²) in [5, 5.41) is 2.73. The van der Waals surface area contributed by atoms with Gasteiger partial charge in [0.15, 0.2) is 0 Å². The molecule has 2 aromatic rings. The molecule has 0 aliphatic carbocycles. The molecule has 180 valence electrons. The van der Waals surface area contributed by atoms with Crippen LogP contribution in [0.2, 0.25) is 0 Å². The first-order chi connectivity index (χ1) is 15.5. The van der Waals surface area contributed by atoms with Crippen molar-refractivity contribution in [3.05, 3.63) is 59.2 Å². The first-order valence-corrected chi connectivity index (χ1v) is 12.6. The van der Waals surface area contributed by atoms with Crippen molar-refractivity contribution in [2.75, 3.05) is 30.8 Å². The van der Waals surface area contributed by atoms with Gasteiger partial charge in [0, 0.05) is 13.1 Å². The number of ether oxygens (including phenoxy) is 1. The average Bonchev–Trinajstić information content (AvgIpc) is 2.77. The molecule has 2 rings (SSSR count). The highest BCUT2D eigenvalue weighted by Gasteiger charge is 2.30. The molecule has 0 aliphatic heterocycles. The van der Waals surface area contributed by atoms with Gasteiger partial charge >= 0.3 is 0 Å². The van der Waals surface area contributed by atoms with Crippen molar-refractivity contribution < 1.29 is 22.7 Å². The van der Waals surface area contributed by atoms with Crippen LogP contribution in [0.1, 0.15) is 30.5 Å². The fourth-order valence-electron chi connectivity index (χ4n) is 3.47. The van der Waals surface area contributed by atoms with Gasteiger partial charge < -0.3 is 15.0 Å². The first-order valence-electron chi connectivity index (χ1n) is 10.7. The molecule has 0 fully saturated rings. The van der Waals surface area contributed by atoms with Gasteiger partial charge in [-0.25, -0.2) is 8.42 Å². The molecule has 33 heavy (non-hydrogen) atoms. The van der Waals surface area contributed by atoms with Gasteiger partial charge in [-0.1, -0.05) is 24.3 Å². The fourth-order valence-corrected chi connectivity index (χ4v) is 4.37. The topological polar surface area (TPSA) is 96.0 Å². The monoisotopic (exact) mass is 475 g/mol. The van der Waals surface area contributed by atoms with Crippen molar-refractivity contribution in [3.8, 4) is 5.75 Å². The van der Waals surface area contributed by atoms with Crippen LogP contribution in [0.5, 0.6) is 5.75 Å².